The van der Waals surface area contributed by atoms with E-state index < -0.39 is 0 Å². The van der Waals surface area contributed by atoms with Crippen molar-refractivity contribution in [2.24, 2.45) is 0 Å². The number of benzene rings is 1. The lowest BCUT2D eigenvalue weighted by molar-refractivity contribution is -0.116. The van der Waals surface area contributed by atoms with E-state index in [1.165, 1.54) is 0 Å². The van der Waals surface area contributed by atoms with Gasteiger partial charge < -0.3 is 15.5 Å². The first-order valence-electron chi connectivity index (χ1n) is 9.79. The Morgan fingerprint density at radius 2 is 1.84 bits per heavy atom. The Morgan fingerprint density at radius 1 is 1.00 bits per heavy atom. The van der Waals surface area contributed by atoms with Crippen LogP contribution in [0.5, 0.6) is 0 Å². The first-order chi connectivity index (χ1) is 15.1. The summed E-state index contributed by atoms with van der Waals surface area (Å²) in [5, 5.41) is 11.5. The van der Waals surface area contributed by atoms with Crippen molar-refractivity contribution in [1.82, 2.24) is 28.9 Å². The molecule has 9 heteroatoms. The molecule has 0 saturated heterocycles. The summed E-state index contributed by atoms with van der Waals surface area (Å²) >= 11 is 0. The van der Waals surface area contributed by atoms with Crippen LogP contribution in [0.1, 0.15) is 5.69 Å². The fourth-order valence-electron chi connectivity index (χ4n) is 3.46. The Bertz CT molecular complexity index is 1320. The topological polar surface area (TPSA) is 108 Å². The number of rotatable bonds is 6. The van der Waals surface area contributed by atoms with Crippen LogP contribution >= 0.6 is 0 Å². The lowest BCUT2D eigenvalue weighted by Gasteiger charge is -2.07. The zero-order valence-electron chi connectivity index (χ0n) is 16.6. The van der Waals surface area contributed by atoms with Gasteiger partial charge in [-0.3, -0.25) is 14.2 Å². The Hall–Kier alpha value is -4.40. The first-order valence-corrected chi connectivity index (χ1v) is 9.79. The molecule has 0 spiro atoms. The van der Waals surface area contributed by atoms with Gasteiger partial charge in [0.15, 0.2) is 5.82 Å². The fourth-order valence-corrected chi connectivity index (χ4v) is 3.46. The highest BCUT2D eigenvalue weighted by atomic mass is 16.2. The number of hydrogen-bond acceptors (Lipinski definition) is 5. The van der Waals surface area contributed by atoms with Gasteiger partial charge in [0.25, 0.3) is 0 Å². The zero-order chi connectivity index (χ0) is 21.2. The number of nitrogen functional groups attached to an aromatic ring is 1. The number of amides is 1. The third kappa shape index (κ3) is 4.01. The molecule has 0 atom stereocenters. The molecule has 0 radical (unpaired) electrons. The highest BCUT2D eigenvalue weighted by molar-refractivity contribution is 5.89. The van der Waals surface area contributed by atoms with Crippen LogP contribution in [0.15, 0.2) is 79.3 Å². The van der Waals surface area contributed by atoms with Gasteiger partial charge >= 0.3 is 0 Å². The summed E-state index contributed by atoms with van der Waals surface area (Å²) < 4.78 is 5.29. The molecule has 0 aliphatic carbocycles. The average Bonchev–Trinajstić information content (AvgIpc) is 3.47. The van der Waals surface area contributed by atoms with Crippen molar-refractivity contribution < 1.29 is 4.79 Å². The van der Waals surface area contributed by atoms with E-state index in [-0.39, 0.29) is 12.5 Å². The van der Waals surface area contributed by atoms with Crippen molar-refractivity contribution in [2.45, 2.75) is 13.1 Å². The minimum absolute atomic E-state index is 0.0285. The van der Waals surface area contributed by atoms with Crippen LogP contribution in [0.3, 0.4) is 0 Å². The molecular formula is C22H20N8O. The van der Waals surface area contributed by atoms with Gasteiger partial charge in [-0.25, -0.2) is 4.98 Å². The third-order valence-electron chi connectivity index (χ3n) is 4.81. The maximum absolute atomic E-state index is 12.6. The van der Waals surface area contributed by atoms with E-state index in [1.807, 2.05) is 65.3 Å². The van der Waals surface area contributed by atoms with Gasteiger partial charge in [-0.15, -0.1) is 0 Å². The minimum Gasteiger partial charge on any atom is -0.382 e. The number of anilines is 2. The molecule has 4 aromatic heterocycles. The molecule has 1 amide bonds. The predicted molar refractivity (Wildman–Crippen MR) is 117 cm³/mol. The quantitative estimate of drug-likeness (QED) is 0.446. The minimum atomic E-state index is -0.238. The second-order valence-electron chi connectivity index (χ2n) is 7.12. The Balaban J connectivity index is 1.26. The monoisotopic (exact) mass is 412 g/mol. The van der Waals surface area contributed by atoms with Gasteiger partial charge in [-0.1, -0.05) is 36.4 Å². The molecule has 3 N–H and O–H groups in total. The molecule has 1 aromatic carbocycles. The molecule has 0 aliphatic rings. The van der Waals surface area contributed by atoms with Gasteiger partial charge in [0.05, 0.1) is 17.9 Å². The Morgan fingerprint density at radius 3 is 2.68 bits per heavy atom. The number of aromatic nitrogens is 6. The van der Waals surface area contributed by atoms with E-state index in [0.717, 1.165) is 22.6 Å². The fraction of sp³-hybridized carbons (Fsp3) is 0.0909. The van der Waals surface area contributed by atoms with E-state index in [2.05, 4.69) is 20.5 Å². The van der Waals surface area contributed by atoms with Crippen molar-refractivity contribution in [2.75, 3.05) is 11.1 Å². The van der Waals surface area contributed by atoms with Gasteiger partial charge in [0.2, 0.25) is 5.91 Å². The van der Waals surface area contributed by atoms with Crippen LogP contribution in [0.4, 0.5) is 11.6 Å². The summed E-state index contributed by atoms with van der Waals surface area (Å²) in [5.41, 5.74) is 9.35. The largest absolute Gasteiger partial charge is 0.382 e. The molecule has 0 aliphatic heterocycles. The van der Waals surface area contributed by atoms with Crippen molar-refractivity contribution in [3.05, 3.63) is 84.9 Å². The van der Waals surface area contributed by atoms with E-state index in [9.17, 15) is 4.79 Å². The summed E-state index contributed by atoms with van der Waals surface area (Å²) in [4.78, 5) is 17.1. The predicted octanol–water partition coefficient (Wildman–Crippen LogP) is 2.66. The highest BCUT2D eigenvalue weighted by Crippen LogP contribution is 2.21. The van der Waals surface area contributed by atoms with Crippen molar-refractivity contribution in [1.29, 1.82) is 0 Å². The van der Waals surface area contributed by atoms with E-state index >= 15 is 0 Å². The lowest BCUT2D eigenvalue weighted by Crippen LogP contribution is -2.20. The Kier molecular flexibility index (Phi) is 4.68. The number of nitrogens with one attached hydrogen (secondary N) is 1. The van der Waals surface area contributed by atoms with Gasteiger partial charge in [-0.05, 0) is 17.7 Å². The number of carbonyl (C=O) groups is 1. The van der Waals surface area contributed by atoms with Crippen LogP contribution in [0.2, 0.25) is 0 Å². The lowest BCUT2D eigenvalue weighted by atomic mass is 10.1. The van der Waals surface area contributed by atoms with E-state index in [0.29, 0.717) is 18.2 Å². The molecule has 5 rings (SSSR count). The van der Waals surface area contributed by atoms with E-state index in [4.69, 9.17) is 5.73 Å². The molecule has 154 valence electrons. The van der Waals surface area contributed by atoms with Crippen LogP contribution in [0.25, 0.3) is 16.9 Å². The second kappa shape index (κ2) is 7.79. The molecule has 4 heterocycles. The summed E-state index contributed by atoms with van der Waals surface area (Å²) in [6, 6.07) is 19.1. The molecule has 0 unspecified atom stereocenters. The van der Waals surface area contributed by atoms with Crippen LogP contribution in [-0.4, -0.2) is 34.9 Å². The van der Waals surface area contributed by atoms with Crippen LogP contribution in [-0.2, 0) is 17.9 Å². The summed E-state index contributed by atoms with van der Waals surface area (Å²) in [5.74, 6) is 0.594. The maximum Gasteiger partial charge on any atom is 0.247 e. The summed E-state index contributed by atoms with van der Waals surface area (Å²) in [6.45, 7) is 0.534. The molecule has 0 saturated carbocycles. The number of nitrogens with two attached hydrogens (primary N) is 1. The summed E-state index contributed by atoms with van der Waals surface area (Å²) in [7, 11) is 0. The highest BCUT2D eigenvalue weighted by Gasteiger charge is 2.13. The van der Waals surface area contributed by atoms with Gasteiger partial charge in [0, 0.05) is 30.7 Å². The van der Waals surface area contributed by atoms with Crippen LogP contribution in [0, 0.1) is 0 Å². The third-order valence-corrected chi connectivity index (χ3v) is 4.81. The van der Waals surface area contributed by atoms with Gasteiger partial charge in [-0.2, -0.15) is 10.2 Å². The normalized spacial score (nSPS) is 11.1. The first kappa shape index (κ1) is 18.6. The zero-order valence-corrected chi connectivity index (χ0v) is 16.6. The average molecular weight is 412 g/mol. The number of imidazole rings is 1. The molecular weight excluding hydrogens is 392 g/mol. The molecule has 9 nitrogen and oxygen atoms in total. The van der Waals surface area contributed by atoms with Crippen molar-refractivity contribution in [3.8, 4) is 11.3 Å². The van der Waals surface area contributed by atoms with Crippen LogP contribution < -0.4 is 11.1 Å². The standard InChI is InChI=1S/C22H20N8O/c23-19-12-18(16-6-2-1-3-7-16)30(26-19)15-22(31)25-20-9-11-29(27-20)14-17-13-28-10-5-4-8-21(28)24-17/h1-13H,14-15H2,(H2,23,26)(H,25,27,31). The number of fused-ring (bicyclic) bond motifs is 1. The maximum atomic E-state index is 12.6. The smallest absolute Gasteiger partial charge is 0.247 e. The van der Waals surface area contributed by atoms with Gasteiger partial charge in [0.1, 0.15) is 18.0 Å². The molecule has 5 aromatic rings. The number of carbonyl (C=O) groups excluding carboxylic acids is 1. The SMILES string of the molecule is Nc1cc(-c2ccccc2)n(CC(=O)Nc2ccn(Cc3cn4ccccc4n3)n2)n1. The second-order valence-corrected chi connectivity index (χ2v) is 7.12. The Labute approximate surface area is 177 Å². The number of hydrogen-bond donors (Lipinski definition) is 2. The van der Waals surface area contributed by atoms with E-state index in [1.54, 1.807) is 27.7 Å². The molecule has 0 fully saturated rings. The van der Waals surface area contributed by atoms with Crippen molar-refractivity contribution >= 4 is 23.2 Å². The molecule has 31 heavy (non-hydrogen) atoms. The summed E-state index contributed by atoms with van der Waals surface area (Å²) in [6.07, 6.45) is 5.72. The number of nitrogens with zero attached hydrogens (tertiary/aromatic N) is 6. The number of pyridine rings is 1. The molecule has 0 bridgehead atoms. The van der Waals surface area contributed by atoms with Crippen molar-refractivity contribution in [3.63, 3.8) is 0 Å².